The second-order valence-corrected chi connectivity index (χ2v) is 8.03. The second-order valence-electron chi connectivity index (χ2n) is 4.73. The van der Waals surface area contributed by atoms with Crippen LogP contribution in [0, 0.1) is 0 Å². The van der Waals surface area contributed by atoms with E-state index in [9.17, 15) is 9.36 Å². The maximum atomic E-state index is 13.3. The number of carbonyl (C=O) groups excluding carboxylic acids is 1. The third-order valence-electron chi connectivity index (χ3n) is 3.22. The molecule has 1 atom stereocenters. The van der Waals surface area contributed by atoms with E-state index in [-0.39, 0.29) is 12.5 Å². The van der Waals surface area contributed by atoms with Gasteiger partial charge in [0.05, 0.1) is 18.5 Å². The predicted octanol–water partition coefficient (Wildman–Crippen LogP) is 2.94. The van der Waals surface area contributed by atoms with Crippen molar-refractivity contribution in [2.24, 2.45) is 0 Å². The van der Waals surface area contributed by atoms with Gasteiger partial charge in [-0.2, -0.15) is 0 Å². The monoisotopic (exact) mass is 375 g/mol. The largest absolute Gasteiger partial charge is 0.465 e. The molecule has 0 aliphatic carbocycles. The van der Waals surface area contributed by atoms with Gasteiger partial charge in [0.15, 0.2) is 0 Å². The van der Waals surface area contributed by atoms with Gasteiger partial charge < -0.3 is 9.26 Å². The molecule has 0 spiro atoms. The van der Waals surface area contributed by atoms with Gasteiger partial charge in [-0.15, -0.1) is 0 Å². The summed E-state index contributed by atoms with van der Waals surface area (Å²) < 4.78 is 26.5. The van der Waals surface area contributed by atoms with E-state index < -0.39 is 7.52 Å². The number of carbonyl (C=O) groups is 1. The molecule has 5 nitrogen and oxygen atoms in total. The topological polar surface area (TPSA) is 55.8 Å². The number of benzene rings is 1. The molecule has 0 bridgehead atoms. The molecule has 0 N–H and O–H groups in total. The van der Waals surface area contributed by atoms with E-state index in [0.717, 1.165) is 17.3 Å². The molecule has 1 aliphatic heterocycles. The molecule has 0 aromatic heterocycles. The van der Waals surface area contributed by atoms with E-state index in [4.69, 9.17) is 9.26 Å². The number of nitrogens with zero attached hydrogens (tertiary/aromatic N) is 1. The first-order valence-corrected chi connectivity index (χ1v) is 9.35. The molecular formula is C14H19BrNO4P. The van der Waals surface area contributed by atoms with Crippen LogP contribution in [0.25, 0.3) is 0 Å². The van der Waals surface area contributed by atoms with E-state index >= 15 is 0 Å². The smallest absolute Gasteiger partial charge is 0.320 e. The Kier molecular flexibility index (Phi) is 5.99. The van der Waals surface area contributed by atoms with Crippen LogP contribution in [0.4, 0.5) is 0 Å². The summed E-state index contributed by atoms with van der Waals surface area (Å²) in [5, 5.41) is 0.608. The molecule has 0 radical (unpaired) electrons. The molecule has 1 aromatic rings. The maximum absolute atomic E-state index is 13.3. The predicted molar refractivity (Wildman–Crippen MR) is 84.8 cm³/mol. The number of hydrogen-bond donors (Lipinski definition) is 0. The summed E-state index contributed by atoms with van der Waals surface area (Å²) in [5.74, 6) is -0.375. The summed E-state index contributed by atoms with van der Waals surface area (Å²) in [4.78, 5) is 11.7. The van der Waals surface area contributed by atoms with Crippen molar-refractivity contribution in [1.82, 2.24) is 4.67 Å². The first-order valence-electron chi connectivity index (χ1n) is 6.98. The van der Waals surface area contributed by atoms with Crippen molar-refractivity contribution >= 4 is 34.7 Å². The molecule has 116 valence electrons. The van der Waals surface area contributed by atoms with Crippen LogP contribution in [0.1, 0.15) is 19.8 Å². The van der Waals surface area contributed by atoms with E-state index in [1.54, 1.807) is 23.7 Å². The highest BCUT2D eigenvalue weighted by Crippen LogP contribution is 2.51. The van der Waals surface area contributed by atoms with Crippen LogP contribution < -0.4 is 5.30 Å². The first kappa shape index (κ1) is 16.7. The number of halogens is 1. The minimum Gasteiger partial charge on any atom is -0.465 e. The number of esters is 1. The Bertz CT molecular complexity index is 534. The molecule has 7 heteroatoms. The van der Waals surface area contributed by atoms with E-state index in [0.29, 0.717) is 25.1 Å². The Balaban J connectivity index is 2.27. The normalized spacial score (nSPS) is 23.5. The number of hydrogen-bond acceptors (Lipinski definition) is 4. The zero-order valence-corrected chi connectivity index (χ0v) is 14.4. The van der Waals surface area contributed by atoms with Gasteiger partial charge in [0.2, 0.25) is 0 Å². The van der Waals surface area contributed by atoms with Crippen molar-refractivity contribution in [2.45, 2.75) is 19.8 Å². The van der Waals surface area contributed by atoms with Crippen molar-refractivity contribution in [3.05, 3.63) is 28.7 Å². The van der Waals surface area contributed by atoms with Crippen molar-refractivity contribution in [1.29, 1.82) is 0 Å². The van der Waals surface area contributed by atoms with Crippen LogP contribution in [0.15, 0.2) is 28.7 Å². The SMILES string of the molecule is CCOC(=O)CN1CCCCOP1(=O)c1ccc(Br)cc1. The zero-order valence-electron chi connectivity index (χ0n) is 12.0. The van der Waals surface area contributed by atoms with Crippen LogP contribution in [0.3, 0.4) is 0 Å². The summed E-state index contributed by atoms with van der Waals surface area (Å²) in [6.45, 7) is 3.06. The lowest BCUT2D eigenvalue weighted by molar-refractivity contribution is -0.143. The summed E-state index contributed by atoms with van der Waals surface area (Å²) in [6, 6.07) is 7.19. The summed E-state index contributed by atoms with van der Waals surface area (Å²) in [7, 11) is -3.21. The number of rotatable bonds is 4. The third kappa shape index (κ3) is 4.16. The molecule has 1 unspecified atom stereocenters. The molecule has 1 heterocycles. The molecule has 1 saturated heterocycles. The van der Waals surface area contributed by atoms with Gasteiger partial charge in [0.25, 0.3) is 0 Å². The van der Waals surface area contributed by atoms with Gasteiger partial charge in [-0.25, -0.2) is 4.67 Å². The molecule has 21 heavy (non-hydrogen) atoms. The number of ether oxygens (including phenoxy) is 1. The van der Waals surface area contributed by atoms with E-state index in [2.05, 4.69) is 15.9 Å². The quantitative estimate of drug-likeness (QED) is 0.598. The fourth-order valence-electron chi connectivity index (χ4n) is 2.19. The summed E-state index contributed by atoms with van der Waals surface area (Å²) >= 11 is 3.36. The molecule has 1 fully saturated rings. The molecule has 0 saturated carbocycles. The minimum absolute atomic E-state index is 0.0127. The van der Waals surface area contributed by atoms with Gasteiger partial charge in [0, 0.05) is 11.0 Å². The summed E-state index contributed by atoms with van der Waals surface area (Å²) in [5.41, 5.74) is 0. The maximum Gasteiger partial charge on any atom is 0.320 e. The fraction of sp³-hybridized carbons (Fsp3) is 0.500. The van der Waals surface area contributed by atoms with Gasteiger partial charge in [0.1, 0.15) is 6.54 Å². The Labute approximate surface area is 133 Å². The zero-order chi connectivity index (χ0) is 15.3. The van der Waals surface area contributed by atoms with Gasteiger partial charge in [-0.3, -0.25) is 9.36 Å². The Hall–Kier alpha value is -0.680. The lowest BCUT2D eigenvalue weighted by Gasteiger charge is -2.28. The minimum atomic E-state index is -3.21. The average molecular weight is 376 g/mol. The average Bonchev–Trinajstić information content (AvgIpc) is 2.63. The fourth-order valence-corrected chi connectivity index (χ4v) is 4.71. The molecular weight excluding hydrogens is 357 g/mol. The van der Waals surface area contributed by atoms with Gasteiger partial charge >= 0.3 is 13.5 Å². The van der Waals surface area contributed by atoms with E-state index in [1.165, 1.54) is 0 Å². The molecule has 1 aromatic carbocycles. The van der Waals surface area contributed by atoms with Crippen LogP contribution in [0.2, 0.25) is 0 Å². The highest BCUT2D eigenvalue weighted by Gasteiger charge is 2.36. The van der Waals surface area contributed by atoms with Crippen LogP contribution in [-0.4, -0.2) is 36.9 Å². The van der Waals surface area contributed by atoms with E-state index in [1.807, 2.05) is 12.1 Å². The Morgan fingerprint density at radius 2 is 2.10 bits per heavy atom. The molecule has 0 amide bonds. The second kappa shape index (κ2) is 7.54. The van der Waals surface area contributed by atoms with Gasteiger partial charge in [-0.1, -0.05) is 15.9 Å². The highest BCUT2D eigenvalue weighted by molar-refractivity contribution is 9.10. The molecule has 2 rings (SSSR count). The third-order valence-corrected chi connectivity index (χ3v) is 6.32. The van der Waals surface area contributed by atoms with Crippen molar-refractivity contribution < 1.29 is 18.6 Å². The first-order chi connectivity index (χ1) is 10.1. The van der Waals surface area contributed by atoms with Crippen LogP contribution in [-0.2, 0) is 18.6 Å². The Morgan fingerprint density at radius 1 is 1.38 bits per heavy atom. The van der Waals surface area contributed by atoms with Crippen LogP contribution >= 0.6 is 23.4 Å². The Morgan fingerprint density at radius 3 is 2.76 bits per heavy atom. The van der Waals surface area contributed by atoms with Crippen molar-refractivity contribution in [3.63, 3.8) is 0 Å². The van der Waals surface area contributed by atoms with Crippen molar-refractivity contribution in [2.75, 3.05) is 26.3 Å². The standard InChI is InChI=1S/C14H19BrNO4P/c1-2-19-14(17)11-16-9-3-4-10-20-21(16,18)13-7-5-12(15)6-8-13/h5-8H,2-4,9-11H2,1H3. The molecule has 1 aliphatic rings. The summed E-state index contributed by atoms with van der Waals surface area (Å²) in [6.07, 6.45) is 1.68. The van der Waals surface area contributed by atoms with Gasteiger partial charge in [-0.05, 0) is 44.0 Å². The lowest BCUT2D eigenvalue weighted by Crippen LogP contribution is -2.32. The van der Waals surface area contributed by atoms with Crippen molar-refractivity contribution in [3.8, 4) is 0 Å². The lowest BCUT2D eigenvalue weighted by atomic mass is 10.3. The van der Waals surface area contributed by atoms with Crippen LogP contribution in [0.5, 0.6) is 0 Å². The highest BCUT2D eigenvalue weighted by atomic mass is 79.9.